The maximum atomic E-state index is 9.51. The number of piperidine rings is 1. The van der Waals surface area contributed by atoms with Crippen molar-refractivity contribution in [2.24, 2.45) is 5.41 Å². The highest BCUT2D eigenvalue weighted by Gasteiger charge is 2.37. The van der Waals surface area contributed by atoms with E-state index in [0.717, 1.165) is 37.3 Å². The van der Waals surface area contributed by atoms with Crippen molar-refractivity contribution in [3.8, 4) is 6.07 Å². The van der Waals surface area contributed by atoms with E-state index in [2.05, 4.69) is 34.8 Å². The van der Waals surface area contributed by atoms with Gasteiger partial charge in [0.05, 0.1) is 24.2 Å². The van der Waals surface area contributed by atoms with Crippen molar-refractivity contribution >= 4 is 5.65 Å². The summed E-state index contributed by atoms with van der Waals surface area (Å²) in [5.41, 5.74) is 2.02. The van der Waals surface area contributed by atoms with Crippen LogP contribution in [0.4, 0.5) is 0 Å². The van der Waals surface area contributed by atoms with Crippen molar-refractivity contribution < 1.29 is 0 Å². The third-order valence-corrected chi connectivity index (χ3v) is 4.25. The topological polar surface area (TPSA) is 57.2 Å². The third kappa shape index (κ3) is 2.16. The Kier molecular flexibility index (Phi) is 3.19. The summed E-state index contributed by atoms with van der Waals surface area (Å²) in [6, 6.07) is 2.45. The summed E-state index contributed by atoms with van der Waals surface area (Å²) in [4.78, 5) is 10.7. The van der Waals surface area contributed by atoms with E-state index in [-0.39, 0.29) is 11.5 Å². The molecule has 104 valence electrons. The first-order valence-corrected chi connectivity index (χ1v) is 7.01. The molecule has 1 saturated heterocycles. The number of rotatable bonds is 2. The molecule has 5 nitrogen and oxygen atoms in total. The minimum atomic E-state index is -0.0383. The maximum Gasteiger partial charge on any atom is 0.155 e. The van der Waals surface area contributed by atoms with Gasteiger partial charge >= 0.3 is 0 Å². The van der Waals surface area contributed by atoms with Crippen LogP contribution in [0, 0.1) is 16.7 Å². The van der Waals surface area contributed by atoms with Gasteiger partial charge in [-0.2, -0.15) is 5.26 Å². The molecule has 1 aliphatic heterocycles. The Labute approximate surface area is 118 Å². The van der Waals surface area contributed by atoms with E-state index in [0.29, 0.717) is 0 Å². The molecule has 1 fully saturated rings. The van der Waals surface area contributed by atoms with Crippen molar-refractivity contribution in [1.82, 2.24) is 19.3 Å². The largest absolute Gasteiger partial charge is 0.300 e. The zero-order chi connectivity index (χ0) is 14.2. The summed E-state index contributed by atoms with van der Waals surface area (Å²) in [5.74, 6) is 0. The quantitative estimate of drug-likeness (QED) is 0.839. The molecular formula is C15H19N5. The minimum absolute atomic E-state index is 0.0383. The number of hydrogen-bond acceptors (Lipinski definition) is 4. The zero-order valence-electron chi connectivity index (χ0n) is 12.0. The Hall–Kier alpha value is -1.93. The average Bonchev–Trinajstić information content (AvgIpc) is 2.82. The van der Waals surface area contributed by atoms with Crippen LogP contribution in [0.2, 0.25) is 0 Å². The van der Waals surface area contributed by atoms with Gasteiger partial charge in [0.25, 0.3) is 0 Å². The lowest BCUT2D eigenvalue weighted by molar-refractivity contribution is 0.0650. The van der Waals surface area contributed by atoms with Crippen LogP contribution in [-0.2, 0) is 6.54 Å². The molecule has 5 heteroatoms. The van der Waals surface area contributed by atoms with Gasteiger partial charge in [-0.25, -0.2) is 4.98 Å². The fourth-order valence-corrected chi connectivity index (χ4v) is 3.14. The van der Waals surface area contributed by atoms with E-state index in [1.165, 1.54) is 0 Å². The van der Waals surface area contributed by atoms with Crippen LogP contribution in [-0.4, -0.2) is 31.9 Å². The van der Waals surface area contributed by atoms with Gasteiger partial charge in [0, 0.05) is 18.9 Å². The monoisotopic (exact) mass is 269 g/mol. The molecule has 0 aliphatic carbocycles. The van der Waals surface area contributed by atoms with Crippen LogP contribution >= 0.6 is 0 Å². The first-order valence-electron chi connectivity index (χ1n) is 7.01. The van der Waals surface area contributed by atoms with Crippen molar-refractivity contribution in [3.63, 3.8) is 0 Å². The predicted molar refractivity (Wildman–Crippen MR) is 75.8 cm³/mol. The van der Waals surface area contributed by atoms with Crippen molar-refractivity contribution in [3.05, 3.63) is 30.5 Å². The molecule has 0 saturated carbocycles. The number of nitrogens with zero attached hydrogens (tertiary/aromatic N) is 5. The van der Waals surface area contributed by atoms with Crippen molar-refractivity contribution in [2.45, 2.75) is 39.3 Å². The second-order valence-corrected chi connectivity index (χ2v) is 6.15. The molecule has 1 atom stereocenters. The van der Waals surface area contributed by atoms with E-state index in [1.54, 1.807) is 12.4 Å². The van der Waals surface area contributed by atoms with Gasteiger partial charge in [-0.3, -0.25) is 14.3 Å². The molecule has 0 amide bonds. The van der Waals surface area contributed by atoms with Crippen molar-refractivity contribution in [1.29, 1.82) is 5.26 Å². The van der Waals surface area contributed by atoms with E-state index in [4.69, 9.17) is 0 Å². The Morgan fingerprint density at radius 1 is 1.45 bits per heavy atom. The Morgan fingerprint density at radius 3 is 3.10 bits per heavy atom. The van der Waals surface area contributed by atoms with Crippen LogP contribution in [0.15, 0.2) is 24.8 Å². The lowest BCUT2D eigenvalue weighted by atomic mass is 9.77. The summed E-state index contributed by atoms with van der Waals surface area (Å²) in [6.07, 6.45) is 9.58. The van der Waals surface area contributed by atoms with Gasteiger partial charge in [-0.05, 0) is 24.8 Å². The highest BCUT2D eigenvalue weighted by Crippen LogP contribution is 2.35. The predicted octanol–water partition coefficient (Wildman–Crippen LogP) is 2.24. The van der Waals surface area contributed by atoms with Gasteiger partial charge < -0.3 is 0 Å². The molecule has 0 spiro atoms. The molecule has 3 heterocycles. The molecule has 2 aromatic heterocycles. The minimum Gasteiger partial charge on any atom is -0.300 e. The zero-order valence-corrected chi connectivity index (χ0v) is 12.0. The van der Waals surface area contributed by atoms with Crippen molar-refractivity contribution in [2.75, 3.05) is 6.54 Å². The van der Waals surface area contributed by atoms with E-state index in [9.17, 15) is 5.26 Å². The van der Waals surface area contributed by atoms with E-state index in [1.807, 2.05) is 16.8 Å². The average molecular weight is 269 g/mol. The molecule has 0 N–H and O–H groups in total. The van der Waals surface area contributed by atoms with Gasteiger partial charge in [0.2, 0.25) is 0 Å². The molecule has 0 aromatic carbocycles. The standard InChI is InChI=1S/C15H19N5/c1-15(2)4-3-6-19(13(15)8-16)11-12-9-18-14-10-17-5-7-20(12)14/h5,7,9-10,13H,3-4,6,11H2,1-2H3/t13-/m1/s1. The molecule has 0 radical (unpaired) electrons. The van der Waals surface area contributed by atoms with Gasteiger partial charge in [-0.15, -0.1) is 0 Å². The van der Waals surface area contributed by atoms with Crippen LogP contribution in [0.3, 0.4) is 0 Å². The number of imidazole rings is 1. The summed E-state index contributed by atoms with van der Waals surface area (Å²) >= 11 is 0. The van der Waals surface area contributed by atoms with Gasteiger partial charge in [0.15, 0.2) is 5.65 Å². The summed E-state index contributed by atoms with van der Waals surface area (Å²) < 4.78 is 2.04. The lowest BCUT2D eigenvalue weighted by Gasteiger charge is -2.42. The third-order valence-electron chi connectivity index (χ3n) is 4.25. The Balaban J connectivity index is 1.88. The first-order chi connectivity index (χ1) is 9.62. The summed E-state index contributed by atoms with van der Waals surface area (Å²) in [6.45, 7) is 6.10. The van der Waals surface area contributed by atoms with Gasteiger partial charge in [-0.1, -0.05) is 13.8 Å². The number of aromatic nitrogens is 3. The molecular weight excluding hydrogens is 250 g/mol. The second kappa shape index (κ2) is 4.88. The fourth-order valence-electron chi connectivity index (χ4n) is 3.14. The second-order valence-electron chi connectivity index (χ2n) is 6.15. The number of nitriles is 1. The Bertz CT molecular complexity index is 652. The summed E-state index contributed by atoms with van der Waals surface area (Å²) in [5, 5.41) is 9.51. The number of likely N-dealkylation sites (tertiary alicyclic amines) is 1. The Morgan fingerprint density at radius 2 is 2.30 bits per heavy atom. The van der Waals surface area contributed by atoms with Crippen LogP contribution in [0.1, 0.15) is 32.4 Å². The van der Waals surface area contributed by atoms with E-state index >= 15 is 0 Å². The smallest absolute Gasteiger partial charge is 0.155 e. The molecule has 3 rings (SSSR count). The molecule has 20 heavy (non-hydrogen) atoms. The van der Waals surface area contributed by atoms with E-state index < -0.39 is 0 Å². The first kappa shape index (κ1) is 13.1. The highest BCUT2D eigenvalue weighted by atomic mass is 15.2. The molecule has 0 unspecified atom stereocenters. The molecule has 1 aliphatic rings. The van der Waals surface area contributed by atoms with Crippen LogP contribution < -0.4 is 0 Å². The maximum absolute atomic E-state index is 9.51. The SMILES string of the molecule is CC1(C)CCCN(Cc2cnc3cnccn23)[C@@H]1C#N. The lowest BCUT2D eigenvalue weighted by Crippen LogP contribution is -2.48. The molecule has 0 bridgehead atoms. The fraction of sp³-hybridized carbons (Fsp3) is 0.533. The summed E-state index contributed by atoms with van der Waals surface area (Å²) in [7, 11) is 0. The van der Waals surface area contributed by atoms with Crippen LogP contribution in [0.5, 0.6) is 0 Å². The highest BCUT2D eigenvalue weighted by molar-refractivity contribution is 5.36. The molecule has 2 aromatic rings. The van der Waals surface area contributed by atoms with Gasteiger partial charge in [0.1, 0.15) is 6.04 Å². The normalized spacial score (nSPS) is 22.8. The number of hydrogen-bond donors (Lipinski definition) is 0. The van der Waals surface area contributed by atoms with Crippen LogP contribution in [0.25, 0.3) is 5.65 Å². The number of fused-ring (bicyclic) bond motifs is 1.